The Bertz CT molecular complexity index is 448. The number of nitrogens with one attached hydrogen (secondary N) is 1. The van der Waals surface area contributed by atoms with Crippen LogP contribution in [0.2, 0.25) is 0 Å². The highest BCUT2D eigenvalue weighted by atomic mass is 19.3. The SMILES string of the molecule is Cc1ccc(C2CC(NCC(F)F)CN(C)C2)cc1C. The largest absolute Gasteiger partial charge is 0.307 e. The van der Waals surface area contributed by atoms with Crippen LogP contribution >= 0.6 is 0 Å². The van der Waals surface area contributed by atoms with Crippen molar-refractivity contribution in [2.45, 2.75) is 38.7 Å². The molecule has 20 heavy (non-hydrogen) atoms. The number of likely N-dealkylation sites (N-methyl/N-ethyl adjacent to an activating group) is 1. The Balaban J connectivity index is 2.05. The number of piperidine rings is 1. The molecule has 1 aromatic carbocycles. The van der Waals surface area contributed by atoms with Crippen molar-refractivity contribution in [3.05, 3.63) is 34.9 Å². The van der Waals surface area contributed by atoms with Crippen molar-refractivity contribution in [3.63, 3.8) is 0 Å². The Morgan fingerprint density at radius 1 is 1.25 bits per heavy atom. The number of alkyl halides is 2. The molecule has 0 saturated carbocycles. The molecule has 1 aliphatic heterocycles. The number of likely N-dealkylation sites (tertiary alicyclic amines) is 1. The van der Waals surface area contributed by atoms with Crippen LogP contribution in [0.5, 0.6) is 0 Å². The van der Waals surface area contributed by atoms with E-state index in [0.717, 1.165) is 19.5 Å². The number of aryl methyl sites for hydroxylation is 2. The maximum atomic E-state index is 12.3. The predicted octanol–water partition coefficient (Wildman–Crippen LogP) is 2.95. The molecule has 0 amide bonds. The van der Waals surface area contributed by atoms with Gasteiger partial charge in [-0.3, -0.25) is 0 Å². The number of rotatable bonds is 4. The second-order valence-electron chi connectivity index (χ2n) is 5.99. The van der Waals surface area contributed by atoms with Crippen molar-refractivity contribution in [2.24, 2.45) is 0 Å². The normalized spacial score (nSPS) is 24.3. The van der Waals surface area contributed by atoms with Crippen LogP contribution in [0.4, 0.5) is 8.78 Å². The molecule has 1 saturated heterocycles. The van der Waals surface area contributed by atoms with Gasteiger partial charge in [0.25, 0.3) is 6.43 Å². The van der Waals surface area contributed by atoms with Gasteiger partial charge in [0.05, 0.1) is 6.54 Å². The van der Waals surface area contributed by atoms with Gasteiger partial charge < -0.3 is 10.2 Å². The molecule has 1 heterocycles. The molecule has 2 atom stereocenters. The van der Waals surface area contributed by atoms with E-state index in [2.05, 4.69) is 49.3 Å². The molecule has 2 unspecified atom stereocenters. The quantitative estimate of drug-likeness (QED) is 0.913. The molecule has 1 fully saturated rings. The summed E-state index contributed by atoms with van der Waals surface area (Å²) in [6, 6.07) is 6.72. The summed E-state index contributed by atoms with van der Waals surface area (Å²) in [6.07, 6.45) is -1.35. The summed E-state index contributed by atoms with van der Waals surface area (Å²) in [6.45, 7) is 5.86. The van der Waals surface area contributed by atoms with Crippen LogP contribution in [0.1, 0.15) is 29.0 Å². The summed E-state index contributed by atoms with van der Waals surface area (Å²) in [5.74, 6) is 0.420. The average molecular weight is 282 g/mol. The van der Waals surface area contributed by atoms with E-state index in [1.165, 1.54) is 16.7 Å². The molecular formula is C16H24F2N2. The second-order valence-corrected chi connectivity index (χ2v) is 5.99. The highest BCUT2D eigenvalue weighted by Crippen LogP contribution is 2.27. The predicted molar refractivity (Wildman–Crippen MR) is 78.6 cm³/mol. The zero-order valence-corrected chi connectivity index (χ0v) is 12.5. The van der Waals surface area contributed by atoms with Crippen LogP contribution in [0.15, 0.2) is 18.2 Å². The molecule has 0 radical (unpaired) electrons. The fourth-order valence-electron chi connectivity index (χ4n) is 2.98. The van der Waals surface area contributed by atoms with Gasteiger partial charge in [0.2, 0.25) is 0 Å². The summed E-state index contributed by atoms with van der Waals surface area (Å²) in [7, 11) is 2.06. The monoisotopic (exact) mass is 282 g/mol. The molecule has 1 N–H and O–H groups in total. The van der Waals surface area contributed by atoms with E-state index in [9.17, 15) is 8.78 Å². The van der Waals surface area contributed by atoms with Gasteiger partial charge in [0, 0.05) is 19.1 Å². The van der Waals surface area contributed by atoms with Gasteiger partial charge in [0.15, 0.2) is 0 Å². The van der Waals surface area contributed by atoms with Gasteiger partial charge in [0.1, 0.15) is 0 Å². The second kappa shape index (κ2) is 6.64. The minimum atomic E-state index is -2.28. The maximum Gasteiger partial charge on any atom is 0.250 e. The molecule has 0 aromatic heterocycles. The fourth-order valence-corrected chi connectivity index (χ4v) is 2.98. The molecule has 2 nitrogen and oxygen atoms in total. The van der Waals surface area contributed by atoms with Crippen molar-refractivity contribution >= 4 is 0 Å². The minimum Gasteiger partial charge on any atom is -0.307 e. The van der Waals surface area contributed by atoms with E-state index in [-0.39, 0.29) is 12.6 Å². The van der Waals surface area contributed by atoms with Crippen molar-refractivity contribution < 1.29 is 8.78 Å². The first-order valence-corrected chi connectivity index (χ1v) is 7.23. The van der Waals surface area contributed by atoms with Gasteiger partial charge in [-0.1, -0.05) is 18.2 Å². The third-order valence-corrected chi connectivity index (χ3v) is 4.20. The zero-order valence-electron chi connectivity index (χ0n) is 12.5. The third-order valence-electron chi connectivity index (χ3n) is 4.20. The zero-order chi connectivity index (χ0) is 14.7. The smallest absolute Gasteiger partial charge is 0.250 e. The van der Waals surface area contributed by atoms with Crippen molar-refractivity contribution in [1.29, 1.82) is 0 Å². The Labute approximate surface area is 120 Å². The number of halogens is 2. The topological polar surface area (TPSA) is 15.3 Å². The van der Waals surface area contributed by atoms with E-state index in [0.29, 0.717) is 5.92 Å². The molecule has 0 bridgehead atoms. The van der Waals surface area contributed by atoms with Crippen molar-refractivity contribution in [2.75, 3.05) is 26.7 Å². The lowest BCUT2D eigenvalue weighted by Gasteiger charge is -2.36. The van der Waals surface area contributed by atoms with Gasteiger partial charge in [-0.25, -0.2) is 8.78 Å². The van der Waals surface area contributed by atoms with Crippen LogP contribution < -0.4 is 5.32 Å². The van der Waals surface area contributed by atoms with Gasteiger partial charge in [-0.05, 0) is 49.9 Å². The number of benzene rings is 1. The summed E-state index contributed by atoms with van der Waals surface area (Å²) in [4.78, 5) is 2.23. The van der Waals surface area contributed by atoms with Crippen LogP contribution in [0.25, 0.3) is 0 Å². The van der Waals surface area contributed by atoms with E-state index >= 15 is 0 Å². The third kappa shape index (κ3) is 4.00. The van der Waals surface area contributed by atoms with E-state index in [1.807, 2.05) is 0 Å². The molecular weight excluding hydrogens is 258 g/mol. The Kier molecular flexibility index (Phi) is 5.11. The highest BCUT2D eigenvalue weighted by molar-refractivity contribution is 5.32. The molecule has 4 heteroatoms. The fraction of sp³-hybridized carbons (Fsp3) is 0.625. The van der Waals surface area contributed by atoms with E-state index < -0.39 is 6.43 Å². The van der Waals surface area contributed by atoms with Crippen LogP contribution in [-0.4, -0.2) is 44.0 Å². The van der Waals surface area contributed by atoms with E-state index in [1.54, 1.807) is 0 Å². The Morgan fingerprint density at radius 2 is 2.00 bits per heavy atom. The van der Waals surface area contributed by atoms with Gasteiger partial charge in [-0.15, -0.1) is 0 Å². The summed E-state index contributed by atoms with van der Waals surface area (Å²) in [5, 5.41) is 2.99. The van der Waals surface area contributed by atoms with Crippen molar-refractivity contribution in [3.8, 4) is 0 Å². The summed E-state index contributed by atoms with van der Waals surface area (Å²) >= 11 is 0. The molecule has 2 rings (SSSR count). The summed E-state index contributed by atoms with van der Waals surface area (Å²) < 4.78 is 24.7. The highest BCUT2D eigenvalue weighted by Gasteiger charge is 2.26. The number of nitrogens with zero attached hydrogens (tertiary/aromatic N) is 1. The Morgan fingerprint density at radius 3 is 2.65 bits per heavy atom. The molecule has 0 aliphatic carbocycles. The first kappa shape index (κ1) is 15.4. The summed E-state index contributed by atoms with van der Waals surface area (Å²) in [5.41, 5.74) is 3.92. The van der Waals surface area contributed by atoms with Crippen LogP contribution in [0, 0.1) is 13.8 Å². The molecule has 1 aliphatic rings. The first-order valence-electron chi connectivity index (χ1n) is 7.23. The van der Waals surface area contributed by atoms with Crippen LogP contribution in [-0.2, 0) is 0 Å². The average Bonchev–Trinajstić information content (AvgIpc) is 2.39. The number of hydrogen-bond acceptors (Lipinski definition) is 2. The molecule has 1 aromatic rings. The minimum absolute atomic E-state index is 0.148. The van der Waals surface area contributed by atoms with Gasteiger partial charge in [-0.2, -0.15) is 0 Å². The molecule has 0 spiro atoms. The standard InChI is InChI=1S/C16H24F2N2/c1-11-4-5-13(6-12(11)2)14-7-15(10-20(3)9-14)19-8-16(17)18/h4-6,14-16,19H,7-10H2,1-3H3. The maximum absolute atomic E-state index is 12.3. The lowest BCUT2D eigenvalue weighted by atomic mass is 9.87. The number of hydrogen-bond donors (Lipinski definition) is 1. The van der Waals surface area contributed by atoms with Crippen molar-refractivity contribution in [1.82, 2.24) is 10.2 Å². The Hall–Kier alpha value is -1.00. The molecule has 112 valence electrons. The lowest BCUT2D eigenvalue weighted by molar-refractivity contribution is 0.127. The lowest BCUT2D eigenvalue weighted by Crippen LogP contribution is -2.48. The van der Waals surface area contributed by atoms with E-state index in [4.69, 9.17) is 0 Å². The van der Waals surface area contributed by atoms with Crippen LogP contribution in [0.3, 0.4) is 0 Å². The van der Waals surface area contributed by atoms with Gasteiger partial charge >= 0.3 is 0 Å². The first-order chi connectivity index (χ1) is 9.45.